The van der Waals surface area contributed by atoms with Crippen LogP contribution in [-0.2, 0) is 110 Å². The van der Waals surface area contributed by atoms with Crippen LogP contribution in [0.2, 0.25) is 0 Å². The average Bonchev–Trinajstić information content (AvgIpc) is 4.35. The fourth-order valence-corrected chi connectivity index (χ4v) is 10.2. The Morgan fingerprint density at radius 3 is 0.543 bits per heavy atom. The molecule has 81 heavy (non-hydrogen) atoms. The van der Waals surface area contributed by atoms with Gasteiger partial charge in [-0.1, -0.05) is 0 Å². The van der Waals surface area contributed by atoms with Crippen molar-refractivity contribution in [1.29, 1.82) is 0 Å². The molecule has 1 aliphatic rings. The van der Waals surface area contributed by atoms with Gasteiger partial charge < -0.3 is 104 Å². The Morgan fingerprint density at radius 2 is 0.383 bits per heavy atom. The molecule has 474 valence electrons. The van der Waals surface area contributed by atoms with Gasteiger partial charge in [0.05, 0.1) is 264 Å². The first-order chi connectivity index (χ1) is 40.1. The smallest absolute Gasteiger partial charge is 0.0701 e. The van der Waals surface area contributed by atoms with Crippen LogP contribution in [0, 0.1) is 13.8 Å². The number of hydrogen-bond donors (Lipinski definition) is 0. The van der Waals surface area contributed by atoms with Gasteiger partial charge in [0, 0.05) is 52.4 Å². The van der Waals surface area contributed by atoms with Gasteiger partial charge in [-0.15, -0.1) is 22.7 Å². The van der Waals surface area contributed by atoms with Crippen molar-refractivity contribution < 1.29 is 104 Å². The van der Waals surface area contributed by atoms with E-state index in [1.165, 1.54) is 30.6 Å². The highest BCUT2D eigenvalue weighted by atomic mass is 32.1. The molecular weight excluding hydrogens is 1100 g/mol. The SMILES string of the molecule is COCCOCCOCCOCCOCCOCCOCCOCCOCCOCCOCCC1(CCOCCOCCOCCOCCOCCOCCOCCOCCOCCOCCOC)c2cc(C)sc2-c2sc(C)cc21. The van der Waals surface area contributed by atoms with Crippen molar-refractivity contribution >= 4 is 22.7 Å². The van der Waals surface area contributed by atoms with Crippen LogP contribution in [-0.4, -0.2) is 292 Å². The molecule has 0 spiro atoms. The Bertz CT molecular complexity index is 1530. The summed E-state index contributed by atoms with van der Waals surface area (Å²) in [6.07, 6.45) is 1.73. The van der Waals surface area contributed by atoms with Crippen LogP contribution in [0.25, 0.3) is 9.75 Å². The van der Waals surface area contributed by atoms with Gasteiger partial charge in [0.2, 0.25) is 0 Å². The van der Waals surface area contributed by atoms with E-state index in [1.54, 1.807) is 14.2 Å². The molecule has 0 aromatic carbocycles. The Balaban J connectivity index is 1.07. The van der Waals surface area contributed by atoms with Crippen LogP contribution in [0.3, 0.4) is 0 Å². The monoisotopic (exact) mass is 1200 g/mol. The lowest BCUT2D eigenvalue weighted by Crippen LogP contribution is -2.29. The van der Waals surface area contributed by atoms with Gasteiger partial charge in [-0.2, -0.15) is 0 Å². The molecular formula is C57H102O22S2. The van der Waals surface area contributed by atoms with Gasteiger partial charge in [-0.3, -0.25) is 0 Å². The number of fused-ring (bicyclic) bond motifs is 3. The van der Waals surface area contributed by atoms with E-state index >= 15 is 0 Å². The second kappa shape index (κ2) is 55.1. The van der Waals surface area contributed by atoms with Gasteiger partial charge in [0.25, 0.3) is 0 Å². The van der Waals surface area contributed by atoms with E-state index in [0.29, 0.717) is 277 Å². The van der Waals surface area contributed by atoms with Gasteiger partial charge in [-0.25, -0.2) is 0 Å². The first kappa shape index (κ1) is 73.8. The number of thiophene rings is 2. The molecule has 0 amide bonds. The van der Waals surface area contributed by atoms with Crippen molar-refractivity contribution in [3.05, 3.63) is 33.0 Å². The largest absolute Gasteiger partial charge is 0.382 e. The molecule has 0 aliphatic heterocycles. The zero-order chi connectivity index (χ0) is 57.5. The highest BCUT2D eigenvalue weighted by Gasteiger charge is 2.45. The fourth-order valence-electron chi connectivity index (χ4n) is 7.83. The third-order valence-electron chi connectivity index (χ3n) is 11.9. The van der Waals surface area contributed by atoms with Crippen molar-refractivity contribution in [2.24, 2.45) is 0 Å². The van der Waals surface area contributed by atoms with Crippen LogP contribution < -0.4 is 0 Å². The predicted molar refractivity (Wildman–Crippen MR) is 307 cm³/mol. The molecule has 24 heteroatoms. The summed E-state index contributed by atoms with van der Waals surface area (Å²) in [6, 6.07) is 4.74. The van der Waals surface area contributed by atoms with Crippen molar-refractivity contribution in [2.75, 3.05) is 292 Å². The van der Waals surface area contributed by atoms with Crippen molar-refractivity contribution in [1.82, 2.24) is 0 Å². The summed E-state index contributed by atoms with van der Waals surface area (Å²) in [5, 5.41) is 0. The zero-order valence-corrected chi connectivity index (χ0v) is 51.2. The molecule has 0 radical (unpaired) electrons. The van der Waals surface area contributed by atoms with E-state index in [-0.39, 0.29) is 5.41 Å². The Labute approximate surface area is 491 Å². The summed E-state index contributed by atoms with van der Waals surface area (Å²) in [5.74, 6) is 0. The van der Waals surface area contributed by atoms with Crippen molar-refractivity contribution in [2.45, 2.75) is 32.1 Å². The van der Waals surface area contributed by atoms with Crippen LogP contribution in [0.4, 0.5) is 0 Å². The molecule has 2 aromatic rings. The molecule has 0 fully saturated rings. The van der Waals surface area contributed by atoms with Crippen LogP contribution in [0.1, 0.15) is 33.7 Å². The fraction of sp³-hybridized carbons (Fsp3) is 0.860. The minimum Gasteiger partial charge on any atom is -0.382 e. The summed E-state index contributed by atoms with van der Waals surface area (Å²) in [5.41, 5.74) is 2.65. The Morgan fingerprint density at radius 1 is 0.235 bits per heavy atom. The molecule has 0 saturated carbocycles. The van der Waals surface area contributed by atoms with Crippen LogP contribution >= 0.6 is 22.7 Å². The molecule has 2 heterocycles. The summed E-state index contributed by atoms with van der Waals surface area (Å²) in [6.45, 7) is 26.2. The zero-order valence-electron chi connectivity index (χ0n) is 49.6. The Hall–Kier alpha value is -1.48. The minimum atomic E-state index is -0.161. The van der Waals surface area contributed by atoms with E-state index in [9.17, 15) is 0 Å². The lowest BCUT2D eigenvalue weighted by molar-refractivity contribution is -0.0275. The second-order valence-corrected chi connectivity index (χ2v) is 20.5. The first-order valence-electron chi connectivity index (χ1n) is 28.9. The molecule has 0 atom stereocenters. The lowest BCUT2D eigenvalue weighted by Gasteiger charge is -2.31. The average molecular weight is 1200 g/mol. The topological polar surface area (TPSA) is 203 Å². The van der Waals surface area contributed by atoms with E-state index in [1.807, 2.05) is 22.7 Å². The molecule has 22 nitrogen and oxygen atoms in total. The molecule has 2 aromatic heterocycles. The molecule has 0 bridgehead atoms. The second-order valence-electron chi connectivity index (χ2n) is 18.0. The van der Waals surface area contributed by atoms with Crippen molar-refractivity contribution in [3.8, 4) is 9.75 Å². The first-order valence-corrected chi connectivity index (χ1v) is 30.5. The van der Waals surface area contributed by atoms with E-state index in [4.69, 9.17) is 104 Å². The third kappa shape index (κ3) is 39.0. The normalized spacial score (nSPS) is 12.8. The number of ether oxygens (including phenoxy) is 22. The van der Waals surface area contributed by atoms with Gasteiger partial charge in [0.1, 0.15) is 0 Å². The van der Waals surface area contributed by atoms with Gasteiger partial charge in [0.15, 0.2) is 0 Å². The standard InChI is InChI=1S/C57H102O22S2/c1-51-49-53-55(80-51)56-54(50-52(2)81-56)57(53,5-7-60-13-15-64-21-23-68-29-31-72-37-39-76-45-47-78-43-41-74-35-33-70-27-25-66-19-17-62-11-9-58-3)6-8-61-14-16-65-22-24-69-30-32-73-38-40-77-46-48-79-44-42-75-36-34-71-28-26-67-20-18-63-12-10-59-4/h49-50H,5-48H2,1-4H3. The summed E-state index contributed by atoms with van der Waals surface area (Å²) < 4.78 is 122. The number of hydrogen-bond acceptors (Lipinski definition) is 24. The summed E-state index contributed by atoms with van der Waals surface area (Å²) >= 11 is 3.77. The number of rotatable bonds is 66. The summed E-state index contributed by atoms with van der Waals surface area (Å²) in [7, 11) is 3.29. The van der Waals surface area contributed by atoms with Gasteiger partial charge in [-0.05, 0) is 49.9 Å². The molecule has 0 unspecified atom stereocenters. The highest BCUT2D eigenvalue weighted by Crippen LogP contribution is 2.58. The number of methoxy groups -OCH3 is 2. The van der Waals surface area contributed by atoms with Gasteiger partial charge >= 0.3 is 0 Å². The van der Waals surface area contributed by atoms with E-state index in [0.717, 1.165) is 12.8 Å². The maximum atomic E-state index is 6.18. The minimum absolute atomic E-state index is 0.161. The summed E-state index contributed by atoms with van der Waals surface area (Å²) in [4.78, 5) is 5.44. The van der Waals surface area contributed by atoms with E-state index < -0.39 is 0 Å². The van der Waals surface area contributed by atoms with Crippen LogP contribution in [0.15, 0.2) is 12.1 Å². The predicted octanol–water partition coefficient (Wildman–Crippen LogP) is 5.10. The number of aryl methyl sites for hydroxylation is 2. The Kier molecular flexibility index (Phi) is 50.2. The lowest BCUT2D eigenvalue weighted by atomic mass is 9.74. The third-order valence-corrected chi connectivity index (χ3v) is 14.1. The maximum Gasteiger partial charge on any atom is 0.0701 e. The van der Waals surface area contributed by atoms with Crippen molar-refractivity contribution in [3.63, 3.8) is 0 Å². The molecule has 0 N–H and O–H groups in total. The quantitative estimate of drug-likeness (QED) is 0.0791. The molecule has 3 rings (SSSR count). The maximum absolute atomic E-state index is 6.18. The molecule has 0 saturated heterocycles. The van der Waals surface area contributed by atoms with Crippen LogP contribution in [0.5, 0.6) is 0 Å². The highest BCUT2D eigenvalue weighted by molar-refractivity contribution is 7.22. The van der Waals surface area contributed by atoms with E-state index in [2.05, 4.69) is 26.0 Å². The molecule has 1 aliphatic carbocycles.